The Hall–Kier alpha value is -2.15. The standard InChI is InChI=1S/C22H33N5OS/c1-3-24-22(26-20-6-5-7-21(14-20)29(28)4-2)25-15-18-8-10-19(11-9-18)16-27-13-12-23-17-27/h8-13,17,20-21H,3-7,14-16H2,1-2H3,(H2,24,25,26). The van der Waals surface area contributed by atoms with Gasteiger partial charge in [-0.3, -0.25) is 4.21 Å². The quantitative estimate of drug-likeness (QED) is 0.513. The summed E-state index contributed by atoms with van der Waals surface area (Å²) in [6.45, 7) is 6.39. The summed E-state index contributed by atoms with van der Waals surface area (Å²) in [5.74, 6) is 1.60. The molecule has 1 aromatic heterocycles. The highest BCUT2D eigenvalue weighted by atomic mass is 32.2. The second kappa shape index (κ2) is 11.1. The molecule has 1 heterocycles. The van der Waals surface area contributed by atoms with Gasteiger partial charge in [0.2, 0.25) is 0 Å². The van der Waals surface area contributed by atoms with Crippen LogP contribution < -0.4 is 10.6 Å². The molecule has 2 aromatic rings. The van der Waals surface area contributed by atoms with E-state index in [0.29, 0.717) is 17.8 Å². The molecule has 1 saturated carbocycles. The van der Waals surface area contributed by atoms with Crippen molar-refractivity contribution in [1.82, 2.24) is 20.2 Å². The van der Waals surface area contributed by atoms with Gasteiger partial charge in [0.05, 0.1) is 12.9 Å². The number of guanidine groups is 1. The third-order valence-corrected chi connectivity index (χ3v) is 7.08. The summed E-state index contributed by atoms with van der Waals surface area (Å²) in [6.07, 6.45) is 9.89. The molecule has 0 aliphatic heterocycles. The van der Waals surface area contributed by atoms with Gasteiger partial charge in [0.15, 0.2) is 5.96 Å². The molecule has 1 aromatic carbocycles. The van der Waals surface area contributed by atoms with Gasteiger partial charge in [-0.1, -0.05) is 37.6 Å². The van der Waals surface area contributed by atoms with Crippen LogP contribution in [0, 0.1) is 0 Å². The van der Waals surface area contributed by atoms with Crippen LogP contribution in [-0.4, -0.2) is 43.3 Å². The molecule has 0 spiro atoms. The van der Waals surface area contributed by atoms with Gasteiger partial charge in [-0.05, 0) is 37.3 Å². The molecule has 0 radical (unpaired) electrons. The summed E-state index contributed by atoms with van der Waals surface area (Å²) in [4.78, 5) is 8.86. The van der Waals surface area contributed by atoms with Crippen LogP contribution in [0.25, 0.3) is 0 Å². The number of hydrogen-bond donors (Lipinski definition) is 2. The topological polar surface area (TPSA) is 71.3 Å². The molecule has 0 bridgehead atoms. The van der Waals surface area contributed by atoms with Gasteiger partial charge in [-0.15, -0.1) is 0 Å². The van der Waals surface area contributed by atoms with Gasteiger partial charge < -0.3 is 15.2 Å². The molecule has 3 unspecified atom stereocenters. The van der Waals surface area contributed by atoms with Crippen molar-refractivity contribution in [3.05, 3.63) is 54.1 Å². The second-order valence-corrected chi connectivity index (χ2v) is 9.55. The summed E-state index contributed by atoms with van der Waals surface area (Å²) < 4.78 is 14.3. The first-order valence-corrected chi connectivity index (χ1v) is 12.0. The molecule has 1 fully saturated rings. The molecule has 2 N–H and O–H groups in total. The molecule has 6 nitrogen and oxygen atoms in total. The normalized spacial score (nSPS) is 21.0. The Morgan fingerprint density at radius 3 is 2.72 bits per heavy atom. The van der Waals surface area contributed by atoms with Crippen LogP contribution in [-0.2, 0) is 23.9 Å². The summed E-state index contributed by atoms with van der Waals surface area (Å²) in [5, 5.41) is 7.24. The zero-order chi connectivity index (χ0) is 20.5. The van der Waals surface area contributed by atoms with Crippen molar-refractivity contribution in [2.45, 2.75) is 63.9 Å². The number of imidazole rings is 1. The fourth-order valence-corrected chi connectivity index (χ4v) is 5.12. The lowest BCUT2D eigenvalue weighted by Crippen LogP contribution is -2.46. The highest BCUT2D eigenvalue weighted by Crippen LogP contribution is 2.23. The number of aliphatic imine (C=N–C) groups is 1. The van der Waals surface area contributed by atoms with E-state index in [2.05, 4.69) is 51.4 Å². The molecular weight excluding hydrogens is 382 g/mol. The largest absolute Gasteiger partial charge is 0.357 e. The first-order chi connectivity index (χ1) is 14.2. The zero-order valence-electron chi connectivity index (χ0n) is 17.5. The lowest BCUT2D eigenvalue weighted by molar-refractivity contribution is 0.413. The van der Waals surface area contributed by atoms with E-state index in [4.69, 9.17) is 4.99 Å². The van der Waals surface area contributed by atoms with Gasteiger partial charge in [-0.25, -0.2) is 9.98 Å². The van der Waals surface area contributed by atoms with E-state index in [1.54, 1.807) is 6.20 Å². The van der Waals surface area contributed by atoms with Crippen molar-refractivity contribution < 1.29 is 4.21 Å². The van der Waals surface area contributed by atoms with Gasteiger partial charge in [0.1, 0.15) is 0 Å². The second-order valence-electron chi connectivity index (χ2n) is 7.55. The van der Waals surface area contributed by atoms with E-state index in [9.17, 15) is 4.21 Å². The molecule has 3 rings (SSSR count). The smallest absolute Gasteiger partial charge is 0.191 e. The van der Waals surface area contributed by atoms with Crippen LogP contribution >= 0.6 is 0 Å². The Morgan fingerprint density at radius 1 is 1.24 bits per heavy atom. The molecule has 158 valence electrons. The van der Waals surface area contributed by atoms with Crippen molar-refractivity contribution in [2.24, 2.45) is 4.99 Å². The minimum Gasteiger partial charge on any atom is -0.357 e. The van der Waals surface area contributed by atoms with Crippen molar-refractivity contribution in [3.8, 4) is 0 Å². The van der Waals surface area contributed by atoms with E-state index < -0.39 is 10.8 Å². The van der Waals surface area contributed by atoms with Gasteiger partial charge >= 0.3 is 0 Å². The monoisotopic (exact) mass is 415 g/mol. The van der Waals surface area contributed by atoms with Gasteiger partial charge in [0.25, 0.3) is 0 Å². The van der Waals surface area contributed by atoms with E-state index in [1.165, 1.54) is 11.1 Å². The molecule has 1 aliphatic rings. The first kappa shape index (κ1) is 21.6. The number of nitrogens with zero attached hydrogens (tertiary/aromatic N) is 3. The predicted molar refractivity (Wildman–Crippen MR) is 120 cm³/mol. The first-order valence-electron chi connectivity index (χ1n) is 10.6. The Bertz CT molecular complexity index is 788. The lowest BCUT2D eigenvalue weighted by Gasteiger charge is -2.30. The van der Waals surface area contributed by atoms with E-state index in [-0.39, 0.29) is 0 Å². The van der Waals surface area contributed by atoms with Crippen LogP contribution in [0.4, 0.5) is 0 Å². The fourth-order valence-electron chi connectivity index (χ4n) is 3.78. The fraction of sp³-hybridized carbons (Fsp3) is 0.545. The van der Waals surface area contributed by atoms with Crippen LogP contribution in [0.1, 0.15) is 50.7 Å². The number of hydrogen-bond acceptors (Lipinski definition) is 3. The van der Waals surface area contributed by atoms with Crippen LogP contribution in [0.3, 0.4) is 0 Å². The van der Waals surface area contributed by atoms with Crippen molar-refractivity contribution in [1.29, 1.82) is 0 Å². The lowest BCUT2D eigenvalue weighted by atomic mass is 9.95. The average molecular weight is 416 g/mol. The maximum atomic E-state index is 12.2. The Labute approximate surface area is 176 Å². The summed E-state index contributed by atoms with van der Waals surface area (Å²) in [5.41, 5.74) is 2.43. The van der Waals surface area contributed by atoms with Crippen LogP contribution in [0.15, 0.2) is 48.0 Å². The minimum atomic E-state index is -0.707. The minimum absolute atomic E-state index is 0.317. The van der Waals surface area contributed by atoms with E-state index in [1.807, 2.05) is 19.4 Å². The molecule has 1 aliphatic carbocycles. The van der Waals surface area contributed by atoms with Gasteiger partial charge in [-0.2, -0.15) is 0 Å². The average Bonchev–Trinajstić information content (AvgIpc) is 3.26. The third-order valence-electron chi connectivity index (χ3n) is 5.33. The van der Waals surface area contributed by atoms with Crippen molar-refractivity contribution in [3.63, 3.8) is 0 Å². The Morgan fingerprint density at radius 2 is 2.03 bits per heavy atom. The molecule has 3 atom stereocenters. The molecule has 7 heteroatoms. The third kappa shape index (κ3) is 6.70. The summed E-state index contributed by atoms with van der Waals surface area (Å²) in [6, 6.07) is 8.92. The number of aromatic nitrogens is 2. The molecule has 0 amide bonds. The van der Waals surface area contributed by atoms with Crippen LogP contribution in [0.2, 0.25) is 0 Å². The molecule has 0 saturated heterocycles. The van der Waals surface area contributed by atoms with E-state index >= 15 is 0 Å². The van der Waals surface area contributed by atoms with Crippen LogP contribution in [0.5, 0.6) is 0 Å². The van der Waals surface area contributed by atoms with Crippen molar-refractivity contribution >= 4 is 16.8 Å². The predicted octanol–water partition coefficient (Wildman–Crippen LogP) is 3.07. The summed E-state index contributed by atoms with van der Waals surface area (Å²) >= 11 is 0. The SMILES string of the molecule is CCNC(=NCc1ccc(Cn2ccnc2)cc1)NC1CCCC(S(=O)CC)C1. The maximum Gasteiger partial charge on any atom is 0.191 e. The Balaban J connectivity index is 1.56. The maximum absolute atomic E-state index is 12.2. The van der Waals surface area contributed by atoms with Gasteiger partial charge in [0, 0.05) is 53.3 Å². The number of benzene rings is 1. The Kier molecular flexibility index (Phi) is 8.28. The zero-order valence-corrected chi connectivity index (χ0v) is 18.3. The molecular formula is C22H33N5OS. The van der Waals surface area contributed by atoms with E-state index in [0.717, 1.165) is 50.5 Å². The summed E-state index contributed by atoms with van der Waals surface area (Å²) in [7, 11) is -0.707. The number of nitrogens with one attached hydrogen (secondary N) is 2. The highest BCUT2D eigenvalue weighted by molar-refractivity contribution is 7.85. The molecule has 29 heavy (non-hydrogen) atoms. The van der Waals surface area contributed by atoms with Crippen molar-refractivity contribution in [2.75, 3.05) is 12.3 Å². The number of rotatable bonds is 8. The highest BCUT2D eigenvalue weighted by Gasteiger charge is 2.26.